The van der Waals surface area contributed by atoms with E-state index in [1.54, 1.807) is 0 Å². The van der Waals surface area contributed by atoms with Gasteiger partial charge < -0.3 is 8.83 Å². The molecule has 0 aliphatic carbocycles. The Hall–Kier alpha value is -4.30. The minimum absolute atomic E-state index is 0.905. The summed E-state index contributed by atoms with van der Waals surface area (Å²) in [6.07, 6.45) is 0. The highest BCUT2D eigenvalue weighted by molar-refractivity contribution is 6.41. The Morgan fingerprint density at radius 1 is 0.424 bits per heavy atom. The number of aryl methyl sites for hydroxylation is 1. The van der Waals surface area contributed by atoms with Crippen LogP contribution >= 0.6 is 0 Å². The summed E-state index contributed by atoms with van der Waals surface area (Å²) in [5, 5.41) is 12.0. The number of benzene rings is 6. The van der Waals surface area contributed by atoms with Crippen molar-refractivity contribution in [3.8, 4) is 0 Å². The van der Waals surface area contributed by atoms with E-state index in [-0.39, 0.29) is 0 Å². The van der Waals surface area contributed by atoms with Gasteiger partial charge in [0, 0.05) is 32.3 Å². The van der Waals surface area contributed by atoms with Gasteiger partial charge in [0.1, 0.15) is 22.3 Å². The van der Waals surface area contributed by atoms with Crippen molar-refractivity contribution in [2.45, 2.75) is 6.92 Å². The fourth-order valence-corrected chi connectivity index (χ4v) is 5.73. The van der Waals surface area contributed by atoms with Gasteiger partial charge in [0.05, 0.1) is 0 Å². The first-order valence-electron chi connectivity index (χ1n) is 11.3. The molecule has 0 aliphatic heterocycles. The Labute approximate surface area is 188 Å². The molecule has 154 valence electrons. The van der Waals surface area contributed by atoms with E-state index in [4.69, 9.17) is 8.83 Å². The summed E-state index contributed by atoms with van der Waals surface area (Å²) in [6.45, 7) is 2.13. The molecule has 0 amide bonds. The SMILES string of the molecule is Cc1ccc2oc3cccc4c3c(c2c1)c1cccc2oc3ccc5ccccc5c3c4c21. The van der Waals surface area contributed by atoms with Crippen molar-refractivity contribution in [2.24, 2.45) is 0 Å². The van der Waals surface area contributed by atoms with E-state index < -0.39 is 0 Å². The third-order valence-electron chi connectivity index (χ3n) is 7.08. The van der Waals surface area contributed by atoms with Gasteiger partial charge >= 0.3 is 0 Å². The second-order valence-electron chi connectivity index (χ2n) is 8.97. The largest absolute Gasteiger partial charge is 0.456 e. The minimum atomic E-state index is 0.905. The van der Waals surface area contributed by atoms with E-state index in [0.717, 1.165) is 33.1 Å². The molecule has 2 aromatic heterocycles. The molecule has 0 spiro atoms. The van der Waals surface area contributed by atoms with E-state index >= 15 is 0 Å². The van der Waals surface area contributed by atoms with Crippen molar-refractivity contribution >= 4 is 76.2 Å². The molecule has 0 N–H and O–H groups in total. The maximum atomic E-state index is 6.53. The first-order valence-corrected chi connectivity index (χ1v) is 11.3. The van der Waals surface area contributed by atoms with Crippen molar-refractivity contribution in [1.29, 1.82) is 0 Å². The molecule has 0 fully saturated rings. The second-order valence-corrected chi connectivity index (χ2v) is 8.97. The summed E-state index contributed by atoms with van der Waals surface area (Å²) in [4.78, 5) is 0. The Bertz CT molecular complexity index is 2090. The molecule has 2 nitrogen and oxygen atoms in total. The minimum Gasteiger partial charge on any atom is -0.456 e. The van der Waals surface area contributed by atoms with Crippen LogP contribution in [0.1, 0.15) is 5.56 Å². The Balaban J connectivity index is 1.82. The van der Waals surface area contributed by atoms with Crippen LogP contribution in [0.15, 0.2) is 99.8 Å². The predicted octanol–water partition coefficient (Wildman–Crippen LogP) is 9.25. The van der Waals surface area contributed by atoms with Crippen LogP contribution in [0.2, 0.25) is 0 Å². The van der Waals surface area contributed by atoms with E-state index in [1.807, 2.05) is 0 Å². The lowest BCUT2D eigenvalue weighted by Crippen LogP contribution is -1.91. The lowest BCUT2D eigenvalue weighted by molar-refractivity contribution is 0.661. The summed E-state index contributed by atoms with van der Waals surface area (Å²) in [7, 11) is 0. The molecule has 0 saturated carbocycles. The topological polar surface area (TPSA) is 26.3 Å². The molecule has 0 atom stereocenters. The predicted molar refractivity (Wildman–Crippen MR) is 138 cm³/mol. The Morgan fingerprint density at radius 3 is 1.88 bits per heavy atom. The summed E-state index contributed by atoms with van der Waals surface area (Å²) >= 11 is 0. The van der Waals surface area contributed by atoms with Gasteiger partial charge in [-0.2, -0.15) is 0 Å². The van der Waals surface area contributed by atoms with Crippen molar-refractivity contribution < 1.29 is 8.83 Å². The van der Waals surface area contributed by atoms with Gasteiger partial charge in [0.15, 0.2) is 0 Å². The maximum absolute atomic E-state index is 6.53. The molecule has 6 aromatic carbocycles. The average molecular weight is 422 g/mol. The molecule has 0 aliphatic rings. The third kappa shape index (κ3) is 2.13. The van der Waals surface area contributed by atoms with E-state index in [1.165, 1.54) is 48.7 Å². The highest BCUT2D eigenvalue weighted by Crippen LogP contribution is 2.47. The molecule has 8 aromatic rings. The smallest absolute Gasteiger partial charge is 0.135 e. The van der Waals surface area contributed by atoms with Gasteiger partial charge in [-0.05, 0) is 58.8 Å². The fraction of sp³-hybridized carbons (Fsp3) is 0.0323. The first kappa shape index (κ1) is 17.3. The lowest BCUT2D eigenvalue weighted by Gasteiger charge is -2.17. The summed E-state index contributed by atoms with van der Waals surface area (Å²) < 4.78 is 13.0. The fourth-order valence-electron chi connectivity index (χ4n) is 5.73. The van der Waals surface area contributed by atoms with Crippen LogP contribution in [0.4, 0.5) is 0 Å². The molecule has 8 rings (SSSR count). The Morgan fingerprint density at radius 2 is 1.03 bits per heavy atom. The highest BCUT2D eigenvalue weighted by atomic mass is 16.3. The summed E-state index contributed by atoms with van der Waals surface area (Å²) in [5.74, 6) is 0. The zero-order valence-electron chi connectivity index (χ0n) is 18.0. The number of rotatable bonds is 0. The standard InChI is InChI=1S/C31H18O2/c1-17-12-14-23-22(16-17)27-20-8-4-11-25-30(20)31(21-9-5-10-24(32-23)29(21)27)28-19-7-3-2-6-18(19)13-15-26(28)33-25/h2-16H,1H3. The van der Waals surface area contributed by atoms with Crippen LogP contribution in [-0.2, 0) is 0 Å². The molecule has 2 heteroatoms. The summed E-state index contributed by atoms with van der Waals surface area (Å²) in [6, 6.07) is 32.1. The van der Waals surface area contributed by atoms with Crippen LogP contribution in [0.25, 0.3) is 76.2 Å². The van der Waals surface area contributed by atoms with Crippen LogP contribution in [0.5, 0.6) is 0 Å². The van der Waals surface area contributed by atoms with Gasteiger partial charge in [0.25, 0.3) is 0 Å². The third-order valence-corrected chi connectivity index (χ3v) is 7.08. The van der Waals surface area contributed by atoms with E-state index in [2.05, 4.69) is 97.9 Å². The molecule has 0 saturated heterocycles. The van der Waals surface area contributed by atoms with Crippen LogP contribution in [0, 0.1) is 6.92 Å². The zero-order valence-corrected chi connectivity index (χ0v) is 18.0. The maximum Gasteiger partial charge on any atom is 0.135 e. The van der Waals surface area contributed by atoms with Gasteiger partial charge in [0.2, 0.25) is 0 Å². The first-order chi connectivity index (χ1) is 16.3. The molecular formula is C31H18O2. The van der Waals surface area contributed by atoms with Gasteiger partial charge in [-0.1, -0.05) is 66.2 Å². The number of hydrogen-bond donors (Lipinski definition) is 0. The molecule has 0 unspecified atom stereocenters. The zero-order chi connectivity index (χ0) is 21.7. The number of hydrogen-bond acceptors (Lipinski definition) is 2. The van der Waals surface area contributed by atoms with Gasteiger partial charge in [-0.3, -0.25) is 0 Å². The molecular weight excluding hydrogens is 404 g/mol. The number of fused-ring (bicyclic) bond motifs is 8. The summed E-state index contributed by atoms with van der Waals surface area (Å²) in [5.41, 5.74) is 4.86. The lowest BCUT2D eigenvalue weighted by atomic mass is 9.89. The van der Waals surface area contributed by atoms with Crippen molar-refractivity contribution in [3.63, 3.8) is 0 Å². The van der Waals surface area contributed by atoms with E-state index in [0.29, 0.717) is 0 Å². The molecule has 0 bridgehead atoms. The molecule has 0 radical (unpaired) electrons. The molecule has 33 heavy (non-hydrogen) atoms. The quantitative estimate of drug-likeness (QED) is 0.180. The van der Waals surface area contributed by atoms with Crippen LogP contribution in [-0.4, -0.2) is 0 Å². The van der Waals surface area contributed by atoms with Gasteiger partial charge in [-0.15, -0.1) is 0 Å². The highest BCUT2D eigenvalue weighted by Gasteiger charge is 2.20. The van der Waals surface area contributed by atoms with Crippen LogP contribution < -0.4 is 0 Å². The van der Waals surface area contributed by atoms with Crippen molar-refractivity contribution in [3.05, 3.63) is 96.6 Å². The van der Waals surface area contributed by atoms with Crippen molar-refractivity contribution in [2.75, 3.05) is 0 Å². The Kier molecular flexibility index (Phi) is 3.11. The van der Waals surface area contributed by atoms with Gasteiger partial charge in [-0.25, -0.2) is 0 Å². The van der Waals surface area contributed by atoms with Crippen molar-refractivity contribution in [1.82, 2.24) is 0 Å². The monoisotopic (exact) mass is 422 g/mol. The second kappa shape index (κ2) is 5.93. The normalized spacial score (nSPS) is 12.4. The average Bonchev–Trinajstić information content (AvgIpc) is 2.85. The van der Waals surface area contributed by atoms with Crippen LogP contribution in [0.3, 0.4) is 0 Å². The molecule has 2 heterocycles. The van der Waals surface area contributed by atoms with E-state index in [9.17, 15) is 0 Å².